The van der Waals surface area contributed by atoms with Crippen molar-refractivity contribution in [1.29, 1.82) is 0 Å². The van der Waals surface area contributed by atoms with E-state index < -0.39 is 11.6 Å². The van der Waals surface area contributed by atoms with Gasteiger partial charge in [0.15, 0.2) is 11.3 Å². The van der Waals surface area contributed by atoms with Crippen LogP contribution >= 0.6 is 23.2 Å². The second-order valence-electron chi connectivity index (χ2n) is 7.32. The minimum absolute atomic E-state index is 0.190. The number of nitrogens with one attached hydrogen (secondary N) is 1. The van der Waals surface area contributed by atoms with Crippen LogP contribution in [0.25, 0.3) is 11.0 Å². The highest BCUT2D eigenvalue weighted by Gasteiger charge is 2.17. The van der Waals surface area contributed by atoms with Gasteiger partial charge >= 0.3 is 11.6 Å². The number of fused-ring (bicyclic) bond motifs is 1. The molecular weight excluding hydrogens is 471 g/mol. The average Bonchev–Trinajstić information content (AvgIpc) is 2.77. The van der Waals surface area contributed by atoms with Crippen molar-refractivity contribution in [2.45, 2.75) is 38.5 Å². The van der Waals surface area contributed by atoms with E-state index in [2.05, 4.69) is 10.3 Å². The number of aromatic nitrogens is 1. The summed E-state index contributed by atoms with van der Waals surface area (Å²) in [6.07, 6.45) is 7.17. The summed E-state index contributed by atoms with van der Waals surface area (Å²) in [5, 5.41) is 13.0. The number of methoxy groups -OCH3 is 1. The number of benzene rings is 1. The molecule has 0 atom stereocenters. The molecule has 0 fully saturated rings. The Morgan fingerprint density at radius 2 is 1.82 bits per heavy atom. The van der Waals surface area contributed by atoms with Crippen LogP contribution in [-0.2, 0) is 4.79 Å². The number of ether oxygens (including phenoxy) is 2. The Morgan fingerprint density at radius 1 is 1.12 bits per heavy atom. The molecule has 2 N–H and O–H groups in total. The van der Waals surface area contributed by atoms with E-state index in [9.17, 15) is 9.59 Å². The van der Waals surface area contributed by atoms with E-state index in [0.29, 0.717) is 51.3 Å². The maximum atomic E-state index is 12.3. The number of unbranched alkanes of at least 4 members (excludes halogenated alkanes) is 4. The van der Waals surface area contributed by atoms with Gasteiger partial charge in [0.2, 0.25) is 5.75 Å². The van der Waals surface area contributed by atoms with Gasteiger partial charge in [0.25, 0.3) is 0 Å². The molecule has 0 spiro atoms. The van der Waals surface area contributed by atoms with Crippen LogP contribution in [0.1, 0.15) is 38.5 Å². The predicted molar refractivity (Wildman–Crippen MR) is 127 cm³/mol. The summed E-state index contributed by atoms with van der Waals surface area (Å²) in [5.74, 6) is -0.0111. The largest absolute Gasteiger partial charge is 0.493 e. The van der Waals surface area contributed by atoms with Crippen LogP contribution in [-0.4, -0.2) is 29.8 Å². The number of rotatable bonds is 12. The van der Waals surface area contributed by atoms with Gasteiger partial charge in [-0.15, -0.1) is 0 Å². The molecule has 0 unspecified atom stereocenters. The smallest absolute Gasteiger partial charge is 0.338 e. The molecular formula is C23H24Cl2N2O6. The lowest BCUT2D eigenvalue weighted by molar-refractivity contribution is -0.137. The maximum absolute atomic E-state index is 12.3. The van der Waals surface area contributed by atoms with E-state index in [1.165, 1.54) is 25.6 Å². The molecule has 0 saturated carbocycles. The van der Waals surface area contributed by atoms with Gasteiger partial charge in [-0.1, -0.05) is 42.5 Å². The normalized spacial score (nSPS) is 10.9. The number of anilines is 2. The van der Waals surface area contributed by atoms with Crippen LogP contribution in [0.5, 0.6) is 11.5 Å². The van der Waals surface area contributed by atoms with Crippen LogP contribution in [0.2, 0.25) is 10.0 Å². The van der Waals surface area contributed by atoms with Crippen molar-refractivity contribution in [1.82, 2.24) is 4.98 Å². The first-order chi connectivity index (χ1) is 15.9. The fraction of sp³-hybridized carbons (Fsp3) is 0.348. The lowest BCUT2D eigenvalue weighted by Gasteiger charge is -2.15. The third kappa shape index (κ3) is 6.52. The van der Waals surface area contributed by atoms with E-state index in [1.807, 2.05) is 0 Å². The Hall–Kier alpha value is -2.97. The van der Waals surface area contributed by atoms with E-state index >= 15 is 0 Å². The highest BCUT2D eigenvalue weighted by Crippen LogP contribution is 2.40. The summed E-state index contributed by atoms with van der Waals surface area (Å²) < 4.78 is 16.8. The third-order valence-corrected chi connectivity index (χ3v) is 5.52. The number of carboxylic acid groups (broad SMARTS) is 1. The summed E-state index contributed by atoms with van der Waals surface area (Å²) in [7, 11) is 1.51. The van der Waals surface area contributed by atoms with Gasteiger partial charge in [0, 0.05) is 30.3 Å². The number of aliphatic carboxylic acids is 1. The molecule has 2 heterocycles. The lowest BCUT2D eigenvalue weighted by Crippen LogP contribution is -2.05. The van der Waals surface area contributed by atoms with E-state index in [-0.39, 0.29) is 12.0 Å². The first-order valence-electron chi connectivity index (χ1n) is 10.5. The zero-order valence-electron chi connectivity index (χ0n) is 18.0. The summed E-state index contributed by atoms with van der Waals surface area (Å²) in [5.41, 5.74) is 0.526. The molecule has 0 amide bonds. The molecule has 2 aromatic heterocycles. The standard InChI is InChI=1S/C23H24Cl2N2O6/c1-31-18-9-8-14-17(27-21-15(24)12-26-13-16(21)25)11-20(30)33-22(14)23(18)32-10-6-4-2-3-5-7-19(28)29/h8-9,11-13H,2-7,10H2,1H3,(H,26,27)(H,28,29). The second-order valence-corrected chi connectivity index (χ2v) is 8.13. The lowest BCUT2D eigenvalue weighted by atomic mass is 10.1. The topological polar surface area (TPSA) is 111 Å². The monoisotopic (exact) mass is 494 g/mol. The highest BCUT2D eigenvalue weighted by molar-refractivity contribution is 6.39. The number of nitrogens with zero attached hydrogens (tertiary/aromatic N) is 1. The van der Waals surface area contributed by atoms with Crippen LogP contribution < -0.4 is 20.4 Å². The Morgan fingerprint density at radius 3 is 2.52 bits per heavy atom. The Balaban J connectivity index is 1.79. The van der Waals surface area contributed by atoms with Crippen molar-refractivity contribution in [2.75, 3.05) is 19.0 Å². The Labute approximate surface area is 200 Å². The number of halogens is 2. The average molecular weight is 495 g/mol. The molecule has 8 nitrogen and oxygen atoms in total. The van der Waals surface area contributed by atoms with Gasteiger partial charge in [-0.3, -0.25) is 9.78 Å². The van der Waals surface area contributed by atoms with Gasteiger partial charge < -0.3 is 24.3 Å². The molecule has 10 heteroatoms. The third-order valence-electron chi connectivity index (χ3n) is 4.95. The minimum atomic E-state index is -0.773. The van der Waals surface area contributed by atoms with Gasteiger partial charge in [0.05, 0.1) is 35.1 Å². The molecule has 176 valence electrons. The number of carboxylic acids is 1. The first kappa shape index (κ1) is 24.7. The van der Waals surface area contributed by atoms with Crippen molar-refractivity contribution in [3.8, 4) is 11.5 Å². The van der Waals surface area contributed by atoms with Gasteiger partial charge in [-0.25, -0.2) is 4.79 Å². The number of hydrogen-bond donors (Lipinski definition) is 2. The van der Waals surface area contributed by atoms with Gasteiger partial charge in [0.1, 0.15) is 0 Å². The molecule has 0 bridgehead atoms. The van der Waals surface area contributed by atoms with E-state index in [0.717, 1.165) is 25.7 Å². The van der Waals surface area contributed by atoms with Gasteiger partial charge in [-0.05, 0) is 25.0 Å². The SMILES string of the molecule is COc1ccc2c(Nc3c(Cl)cncc3Cl)cc(=O)oc2c1OCCCCCCCC(=O)O. The molecule has 33 heavy (non-hydrogen) atoms. The number of hydrogen-bond acceptors (Lipinski definition) is 7. The van der Waals surface area contributed by atoms with E-state index in [4.69, 9.17) is 42.2 Å². The molecule has 0 saturated heterocycles. The van der Waals surface area contributed by atoms with Crippen LogP contribution in [0.4, 0.5) is 11.4 Å². The van der Waals surface area contributed by atoms with E-state index in [1.54, 1.807) is 12.1 Å². The van der Waals surface area contributed by atoms with Crippen molar-refractivity contribution >= 4 is 51.5 Å². The van der Waals surface area contributed by atoms with Crippen molar-refractivity contribution in [3.63, 3.8) is 0 Å². The first-order valence-corrected chi connectivity index (χ1v) is 11.2. The zero-order chi connectivity index (χ0) is 23.8. The van der Waals surface area contributed by atoms with Gasteiger partial charge in [-0.2, -0.15) is 0 Å². The summed E-state index contributed by atoms with van der Waals surface area (Å²) in [4.78, 5) is 26.8. The summed E-state index contributed by atoms with van der Waals surface area (Å²) in [6.45, 7) is 0.387. The quantitative estimate of drug-likeness (QED) is 0.231. The molecule has 1 aromatic carbocycles. The zero-order valence-corrected chi connectivity index (χ0v) is 19.5. The predicted octanol–water partition coefficient (Wildman–Crippen LogP) is 6.05. The van der Waals surface area contributed by atoms with Crippen LogP contribution in [0, 0.1) is 0 Å². The molecule has 3 aromatic rings. The van der Waals surface area contributed by atoms with Crippen molar-refractivity contribution in [3.05, 3.63) is 51.1 Å². The highest BCUT2D eigenvalue weighted by atomic mass is 35.5. The van der Waals surface area contributed by atoms with Crippen LogP contribution in [0.15, 0.2) is 39.8 Å². The molecule has 0 aliphatic heterocycles. The van der Waals surface area contributed by atoms with Crippen LogP contribution in [0.3, 0.4) is 0 Å². The molecule has 0 radical (unpaired) electrons. The summed E-state index contributed by atoms with van der Waals surface area (Å²) in [6, 6.07) is 4.78. The van der Waals surface area contributed by atoms with Crippen molar-refractivity contribution < 1.29 is 23.8 Å². The fourth-order valence-electron chi connectivity index (χ4n) is 3.33. The molecule has 0 aliphatic carbocycles. The minimum Gasteiger partial charge on any atom is -0.493 e. The summed E-state index contributed by atoms with van der Waals surface area (Å²) >= 11 is 12.4. The Kier molecular flexibility index (Phi) is 8.79. The molecule has 3 rings (SSSR count). The maximum Gasteiger partial charge on any atom is 0.338 e. The molecule has 0 aliphatic rings. The van der Waals surface area contributed by atoms with Crippen molar-refractivity contribution in [2.24, 2.45) is 0 Å². The second kappa shape index (κ2) is 11.8. The Bertz CT molecular complexity index is 1160. The number of carbonyl (C=O) groups is 1. The number of pyridine rings is 1. The fourth-order valence-corrected chi connectivity index (χ4v) is 3.79.